The van der Waals surface area contributed by atoms with Gasteiger partial charge >= 0.3 is 0 Å². The van der Waals surface area contributed by atoms with Crippen LogP contribution in [0.4, 0.5) is 10.1 Å². The van der Waals surface area contributed by atoms with Crippen molar-refractivity contribution in [1.29, 1.82) is 0 Å². The molecule has 24 heavy (non-hydrogen) atoms. The molecule has 0 spiro atoms. The second-order valence-electron chi connectivity index (χ2n) is 5.23. The molecule has 0 radical (unpaired) electrons. The highest BCUT2D eigenvalue weighted by atomic mass is 35.5. The standard InChI is InChI=1S/C17H15Cl2FN2O2/c1-22(17(24)8-11-3-2-4-12(20)7-11)10-16(23)21-13-5-6-14(18)15(19)9-13/h2-7,9H,8,10H2,1H3,(H,21,23). The van der Waals surface area contributed by atoms with Gasteiger partial charge in [-0.1, -0.05) is 35.3 Å². The Morgan fingerprint density at radius 1 is 1.12 bits per heavy atom. The molecule has 0 unspecified atom stereocenters. The van der Waals surface area contributed by atoms with Crippen molar-refractivity contribution in [2.24, 2.45) is 0 Å². The van der Waals surface area contributed by atoms with Crippen LogP contribution >= 0.6 is 23.2 Å². The molecule has 2 aromatic carbocycles. The van der Waals surface area contributed by atoms with E-state index in [0.29, 0.717) is 21.3 Å². The van der Waals surface area contributed by atoms with Crippen LogP contribution in [0.2, 0.25) is 10.0 Å². The quantitative estimate of drug-likeness (QED) is 0.872. The van der Waals surface area contributed by atoms with Crippen LogP contribution in [0.3, 0.4) is 0 Å². The molecule has 1 N–H and O–H groups in total. The zero-order chi connectivity index (χ0) is 17.7. The van der Waals surface area contributed by atoms with Crippen molar-refractivity contribution in [3.05, 3.63) is 63.9 Å². The average molecular weight is 369 g/mol. The molecule has 0 aliphatic heterocycles. The summed E-state index contributed by atoms with van der Waals surface area (Å²) in [5, 5.41) is 3.34. The van der Waals surface area contributed by atoms with Gasteiger partial charge in [0.25, 0.3) is 0 Å². The molecule has 2 rings (SSSR count). The average Bonchev–Trinajstić information content (AvgIpc) is 2.50. The number of amides is 2. The minimum Gasteiger partial charge on any atom is -0.336 e. The maximum Gasteiger partial charge on any atom is 0.243 e. The molecule has 0 saturated heterocycles. The van der Waals surface area contributed by atoms with E-state index in [1.54, 1.807) is 18.2 Å². The Morgan fingerprint density at radius 2 is 1.88 bits per heavy atom. The lowest BCUT2D eigenvalue weighted by Gasteiger charge is -2.17. The first kappa shape index (κ1) is 18.2. The van der Waals surface area contributed by atoms with Crippen LogP contribution in [0.5, 0.6) is 0 Å². The van der Waals surface area contributed by atoms with Crippen molar-refractivity contribution in [1.82, 2.24) is 4.90 Å². The van der Waals surface area contributed by atoms with E-state index in [4.69, 9.17) is 23.2 Å². The minimum atomic E-state index is -0.402. The van der Waals surface area contributed by atoms with Crippen LogP contribution in [0, 0.1) is 5.82 Å². The summed E-state index contributed by atoms with van der Waals surface area (Å²) in [5.41, 5.74) is 1.04. The summed E-state index contributed by atoms with van der Waals surface area (Å²) < 4.78 is 13.1. The lowest BCUT2D eigenvalue weighted by Crippen LogP contribution is -2.35. The molecule has 4 nitrogen and oxygen atoms in total. The van der Waals surface area contributed by atoms with Gasteiger partial charge in [0, 0.05) is 12.7 Å². The molecule has 0 aliphatic rings. The molecule has 2 aromatic rings. The van der Waals surface area contributed by atoms with E-state index in [-0.39, 0.29) is 24.8 Å². The van der Waals surface area contributed by atoms with Gasteiger partial charge in [-0.25, -0.2) is 4.39 Å². The van der Waals surface area contributed by atoms with E-state index in [1.807, 2.05) is 0 Å². The van der Waals surface area contributed by atoms with Gasteiger partial charge in [0.2, 0.25) is 11.8 Å². The summed E-state index contributed by atoms with van der Waals surface area (Å²) in [6.45, 7) is -0.131. The molecular formula is C17H15Cl2FN2O2. The van der Waals surface area contributed by atoms with Crippen LogP contribution in [0.1, 0.15) is 5.56 Å². The number of hydrogen-bond donors (Lipinski definition) is 1. The molecule has 126 valence electrons. The number of benzene rings is 2. The zero-order valence-corrected chi connectivity index (χ0v) is 14.4. The fourth-order valence-electron chi connectivity index (χ4n) is 2.03. The monoisotopic (exact) mass is 368 g/mol. The first-order valence-corrected chi connectivity index (χ1v) is 7.84. The molecule has 0 heterocycles. The third-order valence-corrected chi connectivity index (χ3v) is 3.99. The number of nitrogens with zero attached hydrogens (tertiary/aromatic N) is 1. The molecule has 2 amide bonds. The molecular weight excluding hydrogens is 354 g/mol. The van der Waals surface area contributed by atoms with Gasteiger partial charge in [0.05, 0.1) is 23.0 Å². The lowest BCUT2D eigenvalue weighted by molar-refractivity contribution is -0.132. The molecule has 0 saturated carbocycles. The lowest BCUT2D eigenvalue weighted by atomic mass is 10.1. The first-order chi connectivity index (χ1) is 11.3. The van der Waals surface area contributed by atoms with E-state index in [9.17, 15) is 14.0 Å². The summed E-state index contributed by atoms with van der Waals surface area (Å²) in [6, 6.07) is 10.5. The number of halogens is 3. The predicted molar refractivity (Wildman–Crippen MR) is 92.8 cm³/mol. The Hall–Kier alpha value is -2.11. The van der Waals surface area contributed by atoms with Gasteiger partial charge < -0.3 is 10.2 Å². The van der Waals surface area contributed by atoms with Crippen molar-refractivity contribution in [2.75, 3.05) is 18.9 Å². The highest BCUT2D eigenvalue weighted by Crippen LogP contribution is 2.24. The van der Waals surface area contributed by atoms with Crippen molar-refractivity contribution >= 4 is 40.7 Å². The molecule has 0 aromatic heterocycles. The van der Waals surface area contributed by atoms with Gasteiger partial charge in [-0.05, 0) is 35.9 Å². The second kappa shape index (κ2) is 8.13. The summed E-state index contributed by atoms with van der Waals surface area (Å²) in [5.74, 6) is -1.06. The van der Waals surface area contributed by atoms with Crippen LogP contribution in [-0.4, -0.2) is 30.3 Å². The Labute approximate surface area is 149 Å². The number of nitrogens with one attached hydrogen (secondary N) is 1. The Kier molecular flexibility index (Phi) is 6.17. The van der Waals surface area contributed by atoms with E-state index in [1.165, 1.54) is 36.2 Å². The third kappa shape index (κ3) is 5.22. The highest BCUT2D eigenvalue weighted by molar-refractivity contribution is 6.42. The maximum absolute atomic E-state index is 13.1. The molecule has 0 bridgehead atoms. The minimum absolute atomic E-state index is 0.0221. The van der Waals surface area contributed by atoms with Crippen molar-refractivity contribution < 1.29 is 14.0 Å². The number of carbonyl (C=O) groups is 2. The highest BCUT2D eigenvalue weighted by Gasteiger charge is 2.14. The molecule has 0 atom stereocenters. The predicted octanol–water partition coefficient (Wildman–Crippen LogP) is 3.77. The summed E-state index contributed by atoms with van der Waals surface area (Å²) in [7, 11) is 1.51. The fourth-order valence-corrected chi connectivity index (χ4v) is 2.33. The van der Waals surface area contributed by atoms with Gasteiger partial charge in [0.1, 0.15) is 5.82 Å². The SMILES string of the molecule is CN(CC(=O)Nc1ccc(Cl)c(Cl)c1)C(=O)Cc1cccc(F)c1. The van der Waals surface area contributed by atoms with Crippen LogP contribution in [-0.2, 0) is 16.0 Å². The van der Waals surface area contributed by atoms with Gasteiger partial charge in [-0.3, -0.25) is 9.59 Å². The van der Waals surface area contributed by atoms with E-state index in [2.05, 4.69) is 5.32 Å². The van der Waals surface area contributed by atoms with Crippen molar-refractivity contribution in [3.63, 3.8) is 0 Å². The Balaban J connectivity index is 1.90. The van der Waals surface area contributed by atoms with E-state index in [0.717, 1.165) is 0 Å². The van der Waals surface area contributed by atoms with E-state index >= 15 is 0 Å². The number of carbonyl (C=O) groups excluding carboxylic acids is 2. The normalized spacial score (nSPS) is 10.3. The third-order valence-electron chi connectivity index (χ3n) is 3.25. The summed E-state index contributed by atoms with van der Waals surface area (Å²) in [4.78, 5) is 25.4. The summed E-state index contributed by atoms with van der Waals surface area (Å²) in [6.07, 6.45) is 0.0221. The molecule has 0 fully saturated rings. The van der Waals surface area contributed by atoms with Crippen LogP contribution in [0.15, 0.2) is 42.5 Å². The maximum atomic E-state index is 13.1. The molecule has 0 aliphatic carbocycles. The Morgan fingerprint density at radius 3 is 2.54 bits per heavy atom. The van der Waals surface area contributed by atoms with Crippen molar-refractivity contribution in [3.8, 4) is 0 Å². The Bertz CT molecular complexity index is 768. The topological polar surface area (TPSA) is 49.4 Å². The van der Waals surface area contributed by atoms with Crippen LogP contribution < -0.4 is 5.32 Å². The fraction of sp³-hybridized carbons (Fsp3) is 0.176. The number of likely N-dealkylation sites (N-methyl/N-ethyl adjacent to an activating group) is 1. The second-order valence-corrected chi connectivity index (χ2v) is 6.05. The number of anilines is 1. The van der Waals surface area contributed by atoms with Gasteiger partial charge in [-0.2, -0.15) is 0 Å². The van der Waals surface area contributed by atoms with E-state index < -0.39 is 5.82 Å². The number of rotatable bonds is 5. The van der Waals surface area contributed by atoms with Crippen LogP contribution in [0.25, 0.3) is 0 Å². The molecule has 7 heteroatoms. The van der Waals surface area contributed by atoms with Gasteiger partial charge in [-0.15, -0.1) is 0 Å². The van der Waals surface area contributed by atoms with Crippen molar-refractivity contribution in [2.45, 2.75) is 6.42 Å². The largest absolute Gasteiger partial charge is 0.336 e. The summed E-state index contributed by atoms with van der Waals surface area (Å²) >= 11 is 11.7. The number of hydrogen-bond acceptors (Lipinski definition) is 2. The van der Waals surface area contributed by atoms with Gasteiger partial charge in [0.15, 0.2) is 0 Å². The first-order valence-electron chi connectivity index (χ1n) is 7.08. The smallest absolute Gasteiger partial charge is 0.243 e. The zero-order valence-electron chi connectivity index (χ0n) is 12.9.